The van der Waals surface area contributed by atoms with Crippen LogP contribution in [0.5, 0.6) is 5.75 Å². The maximum atomic E-state index is 13.8. The number of benzene rings is 1. The van der Waals surface area contributed by atoms with Gasteiger partial charge in [-0.15, -0.1) is 0 Å². The van der Waals surface area contributed by atoms with Gasteiger partial charge in [-0.3, -0.25) is 4.57 Å². The molecule has 176 valence electrons. The van der Waals surface area contributed by atoms with Gasteiger partial charge in [-0.2, -0.15) is 13.2 Å². The van der Waals surface area contributed by atoms with Gasteiger partial charge in [0.2, 0.25) is 0 Å². The van der Waals surface area contributed by atoms with Gasteiger partial charge in [-0.1, -0.05) is 22.0 Å². The number of hydrogen-bond donors (Lipinski definition) is 0. The predicted molar refractivity (Wildman–Crippen MR) is 124 cm³/mol. The number of methoxy groups -OCH3 is 1. The average molecular weight is 532 g/mol. The Morgan fingerprint density at radius 3 is 2.68 bits per heavy atom. The highest BCUT2D eigenvalue weighted by molar-refractivity contribution is 9.10. The Labute approximate surface area is 202 Å². The Kier molecular flexibility index (Phi) is 5.71. The van der Waals surface area contributed by atoms with Gasteiger partial charge in [0.1, 0.15) is 12.2 Å². The zero-order valence-corrected chi connectivity index (χ0v) is 20.1. The molecule has 0 fully saturated rings. The predicted octanol–water partition coefficient (Wildman–Crippen LogP) is 6.15. The standard InChI is InChI=1S/C24H21BrF3N5O/c1-14-11-33(13-30-14)23-21(34-2)8-15(10-29-23)20-12-32-7-3-4-18(22(32)31-20)17-6-5-16(25)9-19(17)24(26,27)28/h5-6,8-13,18H,3-4,7H2,1-2H3/t18-/m0/s1. The van der Waals surface area contributed by atoms with Crippen LogP contribution in [0.15, 0.2) is 53.7 Å². The third-order valence-electron chi connectivity index (χ3n) is 6.01. The molecule has 3 aromatic heterocycles. The zero-order chi connectivity index (χ0) is 24.0. The fraction of sp³-hybridized carbons (Fsp3) is 0.292. The number of hydrogen-bond acceptors (Lipinski definition) is 4. The molecule has 0 spiro atoms. The third-order valence-corrected chi connectivity index (χ3v) is 6.51. The minimum atomic E-state index is -4.45. The molecule has 1 aliphatic rings. The summed E-state index contributed by atoms with van der Waals surface area (Å²) in [5.41, 5.74) is 1.84. The SMILES string of the molecule is COc1cc(-c2cn3c(n2)[C@H](c2ccc(Br)cc2C(F)(F)F)CCC3)cnc1-n1cnc(C)c1. The van der Waals surface area contributed by atoms with E-state index in [-0.39, 0.29) is 5.56 Å². The van der Waals surface area contributed by atoms with Crippen molar-refractivity contribution in [3.05, 3.63) is 76.3 Å². The van der Waals surface area contributed by atoms with Crippen molar-refractivity contribution in [2.75, 3.05) is 7.11 Å². The van der Waals surface area contributed by atoms with E-state index in [2.05, 4.69) is 25.9 Å². The Balaban J connectivity index is 1.55. The van der Waals surface area contributed by atoms with Crippen molar-refractivity contribution in [2.45, 2.75) is 38.4 Å². The number of nitrogens with zero attached hydrogens (tertiary/aromatic N) is 5. The summed E-state index contributed by atoms with van der Waals surface area (Å²) in [4.78, 5) is 13.5. The second-order valence-corrected chi connectivity index (χ2v) is 9.19. The van der Waals surface area contributed by atoms with Gasteiger partial charge in [0.15, 0.2) is 11.6 Å². The van der Waals surface area contributed by atoms with Crippen LogP contribution in [0.3, 0.4) is 0 Å². The molecule has 4 heterocycles. The molecule has 1 aromatic carbocycles. The Hall–Kier alpha value is -3.14. The number of imidazole rings is 2. The molecule has 0 radical (unpaired) electrons. The van der Waals surface area contributed by atoms with Crippen molar-refractivity contribution < 1.29 is 17.9 Å². The second-order valence-electron chi connectivity index (χ2n) is 8.27. The monoisotopic (exact) mass is 531 g/mol. The summed E-state index contributed by atoms with van der Waals surface area (Å²) in [5, 5.41) is 0. The van der Waals surface area contributed by atoms with Crippen molar-refractivity contribution in [3.8, 4) is 22.8 Å². The molecule has 0 N–H and O–H groups in total. The van der Waals surface area contributed by atoms with Crippen LogP contribution in [-0.4, -0.2) is 31.2 Å². The van der Waals surface area contributed by atoms with Crippen LogP contribution in [0.4, 0.5) is 13.2 Å². The minimum Gasteiger partial charge on any atom is -0.493 e. The van der Waals surface area contributed by atoms with Crippen LogP contribution < -0.4 is 4.74 Å². The lowest BCUT2D eigenvalue weighted by molar-refractivity contribution is -0.138. The lowest BCUT2D eigenvalue weighted by Gasteiger charge is -2.26. The van der Waals surface area contributed by atoms with E-state index in [9.17, 15) is 13.2 Å². The topological polar surface area (TPSA) is 57.8 Å². The highest BCUT2D eigenvalue weighted by Crippen LogP contribution is 2.42. The summed E-state index contributed by atoms with van der Waals surface area (Å²) < 4.78 is 51.1. The molecule has 6 nitrogen and oxygen atoms in total. The largest absolute Gasteiger partial charge is 0.493 e. The quantitative estimate of drug-likeness (QED) is 0.316. The van der Waals surface area contributed by atoms with E-state index >= 15 is 0 Å². The van der Waals surface area contributed by atoms with Gasteiger partial charge >= 0.3 is 6.18 Å². The number of aryl methyl sites for hydroxylation is 2. The number of halogens is 4. The van der Waals surface area contributed by atoms with Crippen molar-refractivity contribution in [2.24, 2.45) is 0 Å². The van der Waals surface area contributed by atoms with Gasteiger partial charge < -0.3 is 9.30 Å². The number of pyridine rings is 1. The van der Waals surface area contributed by atoms with Crippen LogP contribution in [0.25, 0.3) is 17.1 Å². The summed E-state index contributed by atoms with van der Waals surface area (Å²) >= 11 is 3.17. The molecule has 0 amide bonds. The third kappa shape index (κ3) is 4.11. The summed E-state index contributed by atoms with van der Waals surface area (Å²) in [7, 11) is 1.56. The molecule has 5 rings (SSSR count). The fourth-order valence-corrected chi connectivity index (χ4v) is 4.81. The highest BCUT2D eigenvalue weighted by Gasteiger charge is 2.37. The van der Waals surface area contributed by atoms with Gasteiger partial charge in [-0.25, -0.2) is 15.0 Å². The fourth-order valence-electron chi connectivity index (χ4n) is 4.45. The first-order valence-electron chi connectivity index (χ1n) is 10.7. The van der Waals surface area contributed by atoms with Crippen molar-refractivity contribution in [1.82, 2.24) is 24.1 Å². The first-order chi connectivity index (χ1) is 16.2. The highest BCUT2D eigenvalue weighted by atomic mass is 79.9. The van der Waals surface area contributed by atoms with Crippen molar-refractivity contribution >= 4 is 15.9 Å². The Morgan fingerprint density at radius 1 is 1.15 bits per heavy atom. The normalized spacial score (nSPS) is 15.9. The number of alkyl halides is 3. The lowest BCUT2D eigenvalue weighted by Crippen LogP contribution is -2.20. The molecule has 0 aliphatic carbocycles. The summed E-state index contributed by atoms with van der Waals surface area (Å²) in [6, 6.07) is 6.18. The van der Waals surface area contributed by atoms with E-state index < -0.39 is 17.7 Å². The van der Waals surface area contributed by atoms with E-state index in [0.717, 1.165) is 23.7 Å². The summed E-state index contributed by atoms with van der Waals surface area (Å²) in [6.07, 6.45) is 4.00. The molecule has 1 aliphatic heterocycles. The van der Waals surface area contributed by atoms with Gasteiger partial charge in [-0.05, 0) is 43.5 Å². The minimum absolute atomic E-state index is 0.246. The van der Waals surface area contributed by atoms with E-state index in [0.29, 0.717) is 40.5 Å². The Bertz CT molecular complexity index is 1360. The maximum Gasteiger partial charge on any atom is 0.416 e. The van der Waals surface area contributed by atoms with E-state index in [4.69, 9.17) is 9.72 Å². The molecule has 0 bridgehead atoms. The van der Waals surface area contributed by atoms with Crippen molar-refractivity contribution in [3.63, 3.8) is 0 Å². The summed E-state index contributed by atoms with van der Waals surface area (Å²) in [5.74, 6) is 1.32. The molecule has 1 atom stereocenters. The van der Waals surface area contributed by atoms with Crippen LogP contribution in [0.1, 0.15) is 41.4 Å². The van der Waals surface area contributed by atoms with Crippen molar-refractivity contribution in [1.29, 1.82) is 0 Å². The van der Waals surface area contributed by atoms with Crippen LogP contribution in [0.2, 0.25) is 0 Å². The molecule has 34 heavy (non-hydrogen) atoms. The molecular formula is C24H21BrF3N5O. The van der Waals surface area contributed by atoms with E-state index in [1.807, 2.05) is 30.0 Å². The second kappa shape index (κ2) is 8.57. The van der Waals surface area contributed by atoms with E-state index in [1.165, 1.54) is 0 Å². The van der Waals surface area contributed by atoms with Crippen LogP contribution in [0, 0.1) is 6.92 Å². The first kappa shape index (κ1) is 22.6. The lowest BCUT2D eigenvalue weighted by atomic mass is 9.87. The van der Waals surface area contributed by atoms with Gasteiger partial charge in [0, 0.05) is 41.1 Å². The van der Waals surface area contributed by atoms with E-state index in [1.54, 1.807) is 36.3 Å². The average Bonchev–Trinajstić information content (AvgIpc) is 3.44. The smallest absolute Gasteiger partial charge is 0.416 e. The molecule has 0 unspecified atom stereocenters. The molecule has 4 aromatic rings. The molecule has 0 saturated heterocycles. The summed E-state index contributed by atoms with van der Waals surface area (Å²) in [6.45, 7) is 2.59. The first-order valence-corrected chi connectivity index (χ1v) is 11.5. The number of fused-ring (bicyclic) bond motifs is 1. The zero-order valence-electron chi connectivity index (χ0n) is 18.5. The molecular weight excluding hydrogens is 511 g/mol. The molecule has 10 heteroatoms. The van der Waals surface area contributed by atoms with Crippen LogP contribution in [-0.2, 0) is 12.7 Å². The maximum absolute atomic E-state index is 13.8. The van der Waals surface area contributed by atoms with Crippen LogP contribution >= 0.6 is 15.9 Å². The number of ether oxygens (including phenoxy) is 1. The van der Waals surface area contributed by atoms with Gasteiger partial charge in [0.25, 0.3) is 0 Å². The number of rotatable bonds is 4. The Morgan fingerprint density at radius 2 is 1.97 bits per heavy atom. The van der Waals surface area contributed by atoms with Gasteiger partial charge in [0.05, 0.1) is 24.1 Å². The number of aromatic nitrogens is 5. The molecule has 0 saturated carbocycles.